The molecule has 0 atom stereocenters. The Hall–Kier alpha value is -6.65. The normalized spacial score (nSPS) is 10.7. The van der Waals surface area contributed by atoms with Gasteiger partial charge in [-0.15, -0.1) is 0 Å². The molecule has 304 valence electrons. The lowest BCUT2D eigenvalue weighted by Crippen LogP contribution is -2.35. The van der Waals surface area contributed by atoms with Crippen LogP contribution in [0.25, 0.3) is 11.3 Å². The van der Waals surface area contributed by atoms with Crippen molar-refractivity contribution in [1.82, 2.24) is 14.9 Å². The highest BCUT2D eigenvalue weighted by Gasteiger charge is 2.38. The maximum Gasteiger partial charge on any atom is 0.490 e. The van der Waals surface area contributed by atoms with Gasteiger partial charge in [0.2, 0.25) is 5.91 Å². The molecule has 0 aliphatic heterocycles. The number of aliphatic carboxylic acids is 1. The van der Waals surface area contributed by atoms with Crippen LogP contribution in [0.3, 0.4) is 0 Å². The number of carboxylic acids is 1. The van der Waals surface area contributed by atoms with E-state index >= 15 is 0 Å². The zero-order chi connectivity index (χ0) is 42.8. The lowest BCUT2D eigenvalue weighted by atomic mass is 10.1. The summed E-state index contributed by atoms with van der Waals surface area (Å²) in [7, 11) is -3.91. The van der Waals surface area contributed by atoms with Crippen molar-refractivity contribution < 1.29 is 59.4 Å². The number of amides is 1. The van der Waals surface area contributed by atoms with Gasteiger partial charge in [0.15, 0.2) is 5.82 Å². The molecule has 0 fully saturated rings. The molecule has 0 unspecified atom stereocenters. The highest BCUT2D eigenvalue weighted by molar-refractivity contribution is 7.92. The van der Waals surface area contributed by atoms with E-state index in [1.165, 1.54) is 35.0 Å². The Labute approximate surface area is 314 Å². The number of carbonyl (C=O) groups is 3. The average molecular weight is 819 g/mol. The summed E-state index contributed by atoms with van der Waals surface area (Å²) < 4.78 is 90.4. The van der Waals surface area contributed by atoms with E-state index in [4.69, 9.17) is 36.7 Å². The van der Waals surface area contributed by atoms with Crippen molar-refractivity contribution in [3.8, 4) is 11.3 Å². The lowest BCUT2D eigenvalue weighted by Gasteiger charge is -2.17. The molecule has 1 amide bonds. The first-order valence-electron chi connectivity index (χ1n) is 15.4. The number of benzene rings is 3. The van der Waals surface area contributed by atoms with E-state index in [0.717, 1.165) is 5.56 Å². The standard InChI is InChI=1S/C29H32N8O4S.C2HF3O2.CHF3.CH2O2/c1-18(2)35-28-29(39)37(17-26(38)33-15-19-8-10-20(11-9-19)27(31)32)25(16-34-28)21-12-22(30)14-23(13-21)36-42(40,41)24-6-4-3-5-7-24;3-2(4,5)1(6)7;2-1(3)4;2-1-3/h3-14,16,18,36H,15,17,30H2,1-2H3,(H3,31,32)(H,33,38)(H,34,35);(H,6,7);1H;1H,(H,2,3). The van der Waals surface area contributed by atoms with Crippen molar-refractivity contribution in [2.45, 2.75) is 50.7 Å². The Morgan fingerprint density at radius 2 is 1.55 bits per heavy atom. The summed E-state index contributed by atoms with van der Waals surface area (Å²) in [5.41, 5.74) is 13.5. The molecular formula is C33H36F6N8O8S. The van der Waals surface area contributed by atoms with Gasteiger partial charge in [-0.3, -0.25) is 29.1 Å². The van der Waals surface area contributed by atoms with Crippen molar-refractivity contribution in [3.05, 3.63) is 100 Å². The molecular weight excluding hydrogens is 782 g/mol. The van der Waals surface area contributed by atoms with Crippen LogP contribution < -0.4 is 32.4 Å². The number of sulfonamides is 1. The number of nitrogen functional groups attached to an aromatic ring is 2. The second-order valence-corrected chi connectivity index (χ2v) is 12.7. The third-order valence-corrected chi connectivity index (χ3v) is 7.73. The van der Waals surface area contributed by atoms with Crippen molar-refractivity contribution in [2.75, 3.05) is 15.8 Å². The molecule has 0 radical (unpaired) electrons. The molecule has 3 aromatic carbocycles. The first-order valence-corrected chi connectivity index (χ1v) is 16.9. The second kappa shape index (κ2) is 21.9. The SMILES string of the molecule is CC(C)Nc1ncc(-c2cc(N)cc(NS(=O)(=O)c3ccccc3)c2)n(CC(=O)NCc2ccc(C(=N)N)cc2)c1=O.FC(F)F.O=C(O)C(F)(F)F.O=CO. The summed E-state index contributed by atoms with van der Waals surface area (Å²) in [6.07, 6.45) is -3.65. The monoisotopic (exact) mass is 818 g/mol. The molecule has 0 saturated heterocycles. The second-order valence-electron chi connectivity index (χ2n) is 11.0. The van der Waals surface area contributed by atoms with Crippen LogP contribution in [0.5, 0.6) is 0 Å². The van der Waals surface area contributed by atoms with E-state index in [9.17, 15) is 44.3 Å². The molecule has 0 spiro atoms. The number of nitrogens with one attached hydrogen (secondary N) is 4. The maximum absolute atomic E-state index is 13.5. The first kappa shape index (κ1) is 47.4. The number of amidine groups is 1. The van der Waals surface area contributed by atoms with E-state index in [-0.39, 0.29) is 59.2 Å². The summed E-state index contributed by atoms with van der Waals surface area (Å²) in [5.74, 6) is -3.19. The summed E-state index contributed by atoms with van der Waals surface area (Å²) >= 11 is 0. The quantitative estimate of drug-likeness (QED) is 0.0347. The summed E-state index contributed by atoms with van der Waals surface area (Å²) in [4.78, 5) is 48.1. The van der Waals surface area contributed by atoms with Gasteiger partial charge >= 0.3 is 18.8 Å². The third-order valence-electron chi connectivity index (χ3n) is 6.34. The number of halogens is 6. The minimum Gasteiger partial charge on any atom is -0.483 e. The molecule has 16 nitrogen and oxygen atoms in total. The van der Waals surface area contributed by atoms with Gasteiger partial charge in [-0.1, -0.05) is 42.5 Å². The third kappa shape index (κ3) is 16.6. The fourth-order valence-corrected chi connectivity index (χ4v) is 5.18. The predicted molar refractivity (Wildman–Crippen MR) is 193 cm³/mol. The highest BCUT2D eigenvalue weighted by atomic mass is 32.2. The Kier molecular flexibility index (Phi) is 18.5. The molecule has 0 aliphatic rings. The largest absolute Gasteiger partial charge is 0.490 e. The molecule has 1 heterocycles. The molecule has 23 heteroatoms. The van der Waals surface area contributed by atoms with Gasteiger partial charge in [0.25, 0.3) is 22.1 Å². The minimum atomic E-state index is -5.08. The Bertz CT molecular complexity index is 2100. The van der Waals surface area contributed by atoms with Gasteiger partial charge in [0, 0.05) is 29.4 Å². The number of nitrogens with zero attached hydrogens (tertiary/aromatic N) is 2. The Morgan fingerprint density at radius 3 is 2.04 bits per heavy atom. The maximum atomic E-state index is 13.5. The van der Waals surface area contributed by atoms with Gasteiger partial charge in [0.05, 0.1) is 22.5 Å². The van der Waals surface area contributed by atoms with Gasteiger partial charge in [-0.05, 0) is 49.7 Å². The number of anilines is 3. The number of carbonyl (C=O) groups excluding carboxylic acids is 1. The molecule has 0 saturated carbocycles. The number of carboxylic acid groups (broad SMARTS) is 2. The topological polar surface area (TPSA) is 273 Å². The minimum absolute atomic E-state index is 0.0569. The van der Waals surface area contributed by atoms with Gasteiger partial charge in [0.1, 0.15) is 12.4 Å². The smallest absolute Gasteiger partial charge is 0.483 e. The van der Waals surface area contributed by atoms with Gasteiger partial charge < -0.3 is 32.3 Å². The summed E-state index contributed by atoms with van der Waals surface area (Å²) in [6, 6.07) is 19.2. The number of alkyl halides is 6. The van der Waals surface area contributed by atoms with E-state index in [0.29, 0.717) is 11.1 Å². The Balaban J connectivity index is 0.000000961. The zero-order valence-electron chi connectivity index (χ0n) is 29.2. The van der Waals surface area contributed by atoms with E-state index < -0.39 is 40.3 Å². The van der Waals surface area contributed by atoms with Crippen molar-refractivity contribution in [1.29, 1.82) is 5.41 Å². The molecule has 4 rings (SSSR count). The fraction of sp³-hybridized carbons (Fsp3) is 0.212. The van der Waals surface area contributed by atoms with Crippen molar-refractivity contribution in [3.63, 3.8) is 0 Å². The van der Waals surface area contributed by atoms with Crippen LogP contribution in [0, 0.1) is 5.41 Å². The molecule has 0 aliphatic carbocycles. The molecule has 0 bridgehead atoms. The highest BCUT2D eigenvalue weighted by Crippen LogP contribution is 2.27. The Morgan fingerprint density at radius 1 is 1.02 bits per heavy atom. The van der Waals surface area contributed by atoms with Crippen molar-refractivity contribution in [2.24, 2.45) is 5.73 Å². The van der Waals surface area contributed by atoms with Crippen LogP contribution in [-0.2, 0) is 37.5 Å². The van der Waals surface area contributed by atoms with Crippen LogP contribution >= 0.6 is 0 Å². The fourth-order valence-electron chi connectivity index (χ4n) is 4.12. The molecule has 4 aromatic rings. The van der Waals surface area contributed by atoms with E-state index in [1.807, 2.05) is 13.8 Å². The van der Waals surface area contributed by atoms with Crippen LogP contribution in [-0.4, -0.2) is 71.3 Å². The van der Waals surface area contributed by atoms with Crippen LogP contribution in [0.2, 0.25) is 0 Å². The number of aromatic nitrogens is 2. The average Bonchev–Trinajstić information content (AvgIpc) is 3.09. The summed E-state index contributed by atoms with van der Waals surface area (Å²) in [5, 5.41) is 27.3. The van der Waals surface area contributed by atoms with Crippen molar-refractivity contribution >= 4 is 51.4 Å². The van der Waals surface area contributed by atoms with Crippen LogP contribution in [0.1, 0.15) is 25.0 Å². The number of hydrogen-bond acceptors (Lipinski definition) is 10. The molecule has 1 aromatic heterocycles. The number of rotatable bonds is 11. The first-order chi connectivity index (χ1) is 26.0. The lowest BCUT2D eigenvalue weighted by molar-refractivity contribution is -0.192. The van der Waals surface area contributed by atoms with Gasteiger partial charge in [-0.25, -0.2) is 18.2 Å². The molecule has 56 heavy (non-hydrogen) atoms. The number of hydrogen-bond donors (Lipinski definition) is 8. The summed E-state index contributed by atoms with van der Waals surface area (Å²) in [6.45, 7) is -0.360. The van der Waals surface area contributed by atoms with Crippen LogP contribution in [0.4, 0.5) is 43.5 Å². The van der Waals surface area contributed by atoms with E-state index in [1.54, 1.807) is 48.5 Å². The predicted octanol–water partition coefficient (Wildman–Crippen LogP) is 4.23. The zero-order valence-corrected chi connectivity index (χ0v) is 30.0. The van der Waals surface area contributed by atoms with E-state index in [2.05, 4.69) is 20.3 Å². The number of nitrogens with two attached hydrogens (primary N) is 2. The molecule has 10 N–H and O–H groups in total. The van der Waals surface area contributed by atoms with Crippen LogP contribution in [0.15, 0.2) is 88.7 Å². The van der Waals surface area contributed by atoms with Gasteiger partial charge in [-0.2, -0.15) is 26.3 Å².